The van der Waals surface area contributed by atoms with Crippen LogP contribution in [0.25, 0.3) is 0 Å². The smallest absolute Gasteiger partial charge is 0.208 e. The first kappa shape index (κ1) is 4.92. The number of nitrogens with zero attached hydrogens (tertiary/aromatic N) is 1. The van der Waals surface area contributed by atoms with Gasteiger partial charge in [0.15, 0.2) is 0 Å². The van der Waals surface area contributed by atoms with Crippen LogP contribution in [0.4, 0.5) is 0 Å². The predicted molar refractivity (Wildman–Crippen MR) is 29.2 cm³/mol. The highest BCUT2D eigenvalue weighted by Crippen LogP contribution is 1.83. The third-order valence-corrected chi connectivity index (χ3v) is 0.751. The molecule has 0 bridgehead atoms. The molecule has 0 spiro atoms. The van der Waals surface area contributed by atoms with Gasteiger partial charge in [-0.15, -0.1) is 5.53 Å². The topological polar surface area (TPSA) is 77.2 Å². The molecule has 1 heterocycles. The lowest BCUT2D eigenvalue weighted by Crippen LogP contribution is -2.43. The van der Waals surface area contributed by atoms with Gasteiger partial charge in [-0.1, -0.05) is 0 Å². The van der Waals surface area contributed by atoms with E-state index in [1.165, 1.54) is 5.01 Å². The molecule has 1 aliphatic rings. The third kappa shape index (κ3) is 0.710. The second kappa shape index (κ2) is 1.71. The van der Waals surface area contributed by atoms with Crippen molar-refractivity contribution in [2.45, 2.75) is 0 Å². The maximum Gasteiger partial charge on any atom is 0.208 e. The quantitative estimate of drug-likeness (QED) is 0.232. The summed E-state index contributed by atoms with van der Waals surface area (Å²) in [4.78, 5) is 0. The first-order chi connectivity index (χ1) is 3.80. The molecule has 0 saturated heterocycles. The van der Waals surface area contributed by atoms with Crippen LogP contribution in [0.3, 0.4) is 0 Å². The van der Waals surface area contributed by atoms with Crippen molar-refractivity contribution in [3.05, 3.63) is 12.4 Å². The molecule has 0 atom stereocenters. The van der Waals surface area contributed by atoms with E-state index in [1.807, 2.05) is 0 Å². The fourth-order valence-corrected chi connectivity index (χ4v) is 0.396. The van der Waals surface area contributed by atoms with E-state index < -0.39 is 0 Å². The minimum atomic E-state index is -0.0359. The van der Waals surface area contributed by atoms with Crippen LogP contribution in [0.1, 0.15) is 0 Å². The van der Waals surface area contributed by atoms with Crippen LogP contribution in [0.15, 0.2) is 12.4 Å². The van der Waals surface area contributed by atoms with E-state index in [-0.39, 0.29) is 5.96 Å². The van der Waals surface area contributed by atoms with Crippen molar-refractivity contribution in [3.8, 4) is 0 Å². The standard InChI is InChI=1S/C3H7N5/c4-3(5)8-2-1-6-7-8/h1-2,6-7H,(H3,4,5). The molecule has 1 rings (SSSR count). The maximum atomic E-state index is 6.84. The summed E-state index contributed by atoms with van der Waals surface area (Å²) < 4.78 is 0. The van der Waals surface area contributed by atoms with Gasteiger partial charge in [0, 0.05) is 12.4 Å². The lowest BCUT2D eigenvalue weighted by atomic mass is 10.8. The molecule has 8 heavy (non-hydrogen) atoms. The van der Waals surface area contributed by atoms with Crippen molar-refractivity contribution in [3.63, 3.8) is 0 Å². The minimum Gasteiger partial charge on any atom is -0.369 e. The van der Waals surface area contributed by atoms with Gasteiger partial charge < -0.3 is 11.2 Å². The highest BCUT2D eigenvalue weighted by atomic mass is 15.7. The Bertz CT molecular complexity index is 128. The first-order valence-corrected chi connectivity index (χ1v) is 2.12. The Morgan fingerprint density at radius 1 is 1.75 bits per heavy atom. The molecule has 0 aromatic heterocycles. The van der Waals surface area contributed by atoms with E-state index in [0.717, 1.165) is 0 Å². The number of nitrogens with two attached hydrogens (primary N) is 1. The van der Waals surface area contributed by atoms with Crippen LogP contribution in [0.2, 0.25) is 0 Å². The van der Waals surface area contributed by atoms with Gasteiger partial charge in [-0.25, -0.2) is 5.01 Å². The second-order valence-corrected chi connectivity index (χ2v) is 1.33. The summed E-state index contributed by atoms with van der Waals surface area (Å²) in [7, 11) is 0. The monoisotopic (exact) mass is 113 g/mol. The average Bonchev–Trinajstić information content (AvgIpc) is 2.12. The Kier molecular flexibility index (Phi) is 1.05. The molecule has 1 aliphatic heterocycles. The van der Waals surface area contributed by atoms with Gasteiger partial charge in [-0.3, -0.25) is 5.41 Å². The van der Waals surface area contributed by atoms with E-state index in [0.29, 0.717) is 0 Å². The van der Waals surface area contributed by atoms with Gasteiger partial charge >= 0.3 is 0 Å². The van der Waals surface area contributed by atoms with Crippen LogP contribution in [-0.4, -0.2) is 11.0 Å². The third-order valence-electron chi connectivity index (χ3n) is 0.751. The Morgan fingerprint density at radius 3 is 2.75 bits per heavy atom. The average molecular weight is 113 g/mol. The zero-order valence-electron chi connectivity index (χ0n) is 4.18. The zero-order valence-corrected chi connectivity index (χ0v) is 4.18. The highest BCUT2D eigenvalue weighted by molar-refractivity contribution is 5.75. The van der Waals surface area contributed by atoms with Gasteiger partial charge in [0.1, 0.15) is 0 Å². The Morgan fingerprint density at radius 2 is 2.50 bits per heavy atom. The number of rotatable bonds is 0. The van der Waals surface area contributed by atoms with Crippen LogP contribution in [-0.2, 0) is 0 Å². The molecular formula is C3H7N5. The minimum absolute atomic E-state index is 0.0359. The van der Waals surface area contributed by atoms with Crippen molar-refractivity contribution in [2.75, 3.05) is 0 Å². The highest BCUT2D eigenvalue weighted by Gasteiger charge is 2.02. The summed E-state index contributed by atoms with van der Waals surface area (Å²) >= 11 is 0. The van der Waals surface area contributed by atoms with Crippen molar-refractivity contribution in [1.29, 1.82) is 5.41 Å². The van der Waals surface area contributed by atoms with Crippen molar-refractivity contribution >= 4 is 5.96 Å². The fourth-order valence-electron chi connectivity index (χ4n) is 0.396. The number of nitrogens with one attached hydrogen (secondary N) is 3. The van der Waals surface area contributed by atoms with E-state index >= 15 is 0 Å². The SMILES string of the molecule is N=C(N)N1C=CNN1. The molecule has 5 nitrogen and oxygen atoms in total. The van der Waals surface area contributed by atoms with Gasteiger partial charge in [-0.2, -0.15) is 0 Å². The molecular weight excluding hydrogens is 106 g/mol. The molecule has 0 radical (unpaired) electrons. The summed E-state index contributed by atoms with van der Waals surface area (Å²) in [5.74, 6) is -0.0359. The normalized spacial score (nSPS) is 16.2. The molecule has 0 aromatic rings. The van der Waals surface area contributed by atoms with Gasteiger partial charge in [0.05, 0.1) is 0 Å². The molecule has 5 heteroatoms. The molecule has 0 fully saturated rings. The Balaban J connectivity index is 2.48. The summed E-state index contributed by atoms with van der Waals surface area (Å²) in [6.07, 6.45) is 3.25. The number of guanidine groups is 1. The molecule has 0 aromatic carbocycles. The molecule has 5 N–H and O–H groups in total. The van der Waals surface area contributed by atoms with Crippen LogP contribution < -0.4 is 16.7 Å². The predicted octanol–water partition coefficient (Wildman–Crippen LogP) is -1.32. The van der Waals surface area contributed by atoms with Gasteiger partial charge in [0.2, 0.25) is 5.96 Å². The maximum absolute atomic E-state index is 6.84. The van der Waals surface area contributed by atoms with Crippen molar-refractivity contribution < 1.29 is 0 Å². The zero-order chi connectivity index (χ0) is 5.98. The number of hydrogen-bond acceptors (Lipinski definition) is 3. The van der Waals surface area contributed by atoms with Crippen LogP contribution in [0, 0.1) is 5.41 Å². The lowest BCUT2D eigenvalue weighted by Gasteiger charge is -2.10. The molecule has 44 valence electrons. The van der Waals surface area contributed by atoms with E-state index in [1.54, 1.807) is 12.4 Å². The van der Waals surface area contributed by atoms with E-state index in [2.05, 4.69) is 11.0 Å². The van der Waals surface area contributed by atoms with Crippen molar-refractivity contribution in [2.24, 2.45) is 5.73 Å². The second-order valence-electron chi connectivity index (χ2n) is 1.33. The molecule has 0 saturated carbocycles. The summed E-state index contributed by atoms with van der Waals surface area (Å²) in [6.45, 7) is 0. The first-order valence-electron chi connectivity index (χ1n) is 2.12. The summed E-state index contributed by atoms with van der Waals surface area (Å²) in [5.41, 5.74) is 10.3. The van der Waals surface area contributed by atoms with E-state index in [9.17, 15) is 0 Å². The lowest BCUT2D eigenvalue weighted by molar-refractivity contribution is 0.398. The van der Waals surface area contributed by atoms with Crippen LogP contribution in [0.5, 0.6) is 0 Å². The fraction of sp³-hybridized carbons (Fsp3) is 0. The molecule has 0 unspecified atom stereocenters. The molecule has 0 aliphatic carbocycles. The number of hydrogen-bond donors (Lipinski definition) is 4. The van der Waals surface area contributed by atoms with Gasteiger partial charge in [0.25, 0.3) is 0 Å². The molecule has 0 amide bonds. The Hall–Kier alpha value is -1.23. The van der Waals surface area contributed by atoms with Gasteiger partial charge in [-0.05, 0) is 0 Å². The summed E-state index contributed by atoms with van der Waals surface area (Å²) in [5, 5.41) is 8.19. The van der Waals surface area contributed by atoms with Crippen molar-refractivity contribution in [1.82, 2.24) is 16.0 Å². The van der Waals surface area contributed by atoms with E-state index in [4.69, 9.17) is 11.1 Å². The largest absolute Gasteiger partial charge is 0.369 e. The van der Waals surface area contributed by atoms with Crippen LogP contribution >= 0.6 is 0 Å². The Labute approximate surface area is 46.6 Å². The number of hydrazine groups is 2. The summed E-state index contributed by atoms with van der Waals surface area (Å²) in [6, 6.07) is 0.